The van der Waals surface area contributed by atoms with Crippen LogP contribution in [0.2, 0.25) is 0 Å². The topological polar surface area (TPSA) is 66.6 Å². The molecule has 0 aliphatic carbocycles. The summed E-state index contributed by atoms with van der Waals surface area (Å²) in [5.41, 5.74) is 7.22. The minimum Gasteiger partial charge on any atom is -0.480 e. The summed E-state index contributed by atoms with van der Waals surface area (Å²) >= 11 is 0. The lowest BCUT2D eigenvalue weighted by Crippen LogP contribution is -2.41. The number of benzene rings is 1. The first-order valence-electron chi connectivity index (χ1n) is 5.95. The van der Waals surface area contributed by atoms with Crippen LogP contribution in [0.5, 0.6) is 0 Å². The van der Waals surface area contributed by atoms with Crippen molar-refractivity contribution in [1.29, 1.82) is 0 Å². The zero-order chi connectivity index (χ0) is 12.8. The number of aliphatic carboxylic acids is 1. The van der Waals surface area contributed by atoms with Crippen molar-refractivity contribution < 1.29 is 9.90 Å². The number of hydrogen-bond donors (Lipinski definition) is 2. The molecule has 0 amide bonds. The van der Waals surface area contributed by atoms with Crippen LogP contribution in [0.15, 0.2) is 24.3 Å². The number of likely N-dealkylation sites (N-methyl/N-ethyl adjacent to an activating group) is 1. The summed E-state index contributed by atoms with van der Waals surface area (Å²) in [7, 11) is 0. The van der Waals surface area contributed by atoms with E-state index in [1.54, 1.807) is 12.1 Å². The molecule has 0 saturated heterocycles. The molecule has 0 aliphatic rings. The Kier molecular flexibility index (Phi) is 4.82. The quantitative estimate of drug-likeness (QED) is 0.744. The van der Waals surface area contributed by atoms with E-state index >= 15 is 0 Å². The third-order valence-corrected chi connectivity index (χ3v) is 2.79. The number of nitrogens with zero attached hydrogens (tertiary/aromatic N) is 1. The van der Waals surface area contributed by atoms with E-state index in [-0.39, 0.29) is 0 Å². The number of rotatable bonds is 6. The van der Waals surface area contributed by atoms with Crippen LogP contribution in [-0.4, -0.2) is 23.7 Å². The standard InChI is InChI=1S/C13H20N2O2/c1-3-5-12(13(16)17)15(4-2)11-8-6-10(14)7-9-11/h6-9,12H,3-5,14H2,1-2H3,(H,16,17). The van der Waals surface area contributed by atoms with E-state index in [4.69, 9.17) is 5.73 Å². The van der Waals surface area contributed by atoms with Crippen LogP contribution in [0.25, 0.3) is 0 Å². The van der Waals surface area contributed by atoms with Crippen molar-refractivity contribution in [3.05, 3.63) is 24.3 Å². The number of nitrogen functional groups attached to an aromatic ring is 1. The summed E-state index contributed by atoms with van der Waals surface area (Å²) in [4.78, 5) is 13.2. The van der Waals surface area contributed by atoms with Gasteiger partial charge in [0.2, 0.25) is 0 Å². The number of carboxylic acid groups (broad SMARTS) is 1. The van der Waals surface area contributed by atoms with Gasteiger partial charge < -0.3 is 15.7 Å². The van der Waals surface area contributed by atoms with Gasteiger partial charge in [0, 0.05) is 17.9 Å². The summed E-state index contributed by atoms with van der Waals surface area (Å²) in [6, 6.07) is 6.86. The molecule has 4 nitrogen and oxygen atoms in total. The molecule has 0 heterocycles. The van der Waals surface area contributed by atoms with Gasteiger partial charge in [-0.3, -0.25) is 0 Å². The maximum atomic E-state index is 11.3. The van der Waals surface area contributed by atoms with Crippen LogP contribution >= 0.6 is 0 Å². The highest BCUT2D eigenvalue weighted by molar-refractivity contribution is 5.78. The average molecular weight is 236 g/mol. The highest BCUT2D eigenvalue weighted by atomic mass is 16.4. The Balaban J connectivity index is 2.95. The Bertz CT molecular complexity index is 362. The van der Waals surface area contributed by atoms with Crippen molar-refractivity contribution in [3.63, 3.8) is 0 Å². The van der Waals surface area contributed by atoms with Crippen molar-refractivity contribution in [2.24, 2.45) is 0 Å². The summed E-state index contributed by atoms with van der Waals surface area (Å²) in [5, 5.41) is 9.26. The van der Waals surface area contributed by atoms with Crippen LogP contribution in [0.4, 0.5) is 11.4 Å². The summed E-state index contributed by atoms with van der Waals surface area (Å²) in [6.07, 6.45) is 1.50. The second kappa shape index (κ2) is 6.13. The Morgan fingerprint density at radius 3 is 2.35 bits per heavy atom. The van der Waals surface area contributed by atoms with Gasteiger partial charge in [-0.2, -0.15) is 0 Å². The molecule has 94 valence electrons. The summed E-state index contributed by atoms with van der Waals surface area (Å²) < 4.78 is 0. The smallest absolute Gasteiger partial charge is 0.326 e. The molecular weight excluding hydrogens is 216 g/mol. The monoisotopic (exact) mass is 236 g/mol. The fourth-order valence-electron chi connectivity index (χ4n) is 1.93. The second-order valence-corrected chi connectivity index (χ2v) is 4.02. The average Bonchev–Trinajstić information content (AvgIpc) is 2.31. The van der Waals surface area contributed by atoms with Gasteiger partial charge in [0.25, 0.3) is 0 Å². The second-order valence-electron chi connectivity index (χ2n) is 4.02. The number of hydrogen-bond acceptors (Lipinski definition) is 3. The summed E-state index contributed by atoms with van der Waals surface area (Å²) in [6.45, 7) is 4.62. The van der Waals surface area contributed by atoms with Gasteiger partial charge in [0.1, 0.15) is 6.04 Å². The molecule has 0 fully saturated rings. The molecule has 0 radical (unpaired) electrons. The minimum atomic E-state index is -0.773. The highest BCUT2D eigenvalue weighted by Crippen LogP contribution is 2.20. The normalized spacial score (nSPS) is 12.1. The number of anilines is 2. The van der Waals surface area contributed by atoms with Gasteiger partial charge in [-0.1, -0.05) is 13.3 Å². The van der Waals surface area contributed by atoms with Crippen LogP contribution < -0.4 is 10.6 Å². The first kappa shape index (κ1) is 13.4. The van der Waals surface area contributed by atoms with E-state index in [9.17, 15) is 9.90 Å². The third kappa shape index (κ3) is 3.37. The van der Waals surface area contributed by atoms with Crippen molar-refractivity contribution >= 4 is 17.3 Å². The van der Waals surface area contributed by atoms with Crippen LogP contribution in [0, 0.1) is 0 Å². The number of carbonyl (C=O) groups is 1. The van der Waals surface area contributed by atoms with Crippen molar-refractivity contribution in [3.8, 4) is 0 Å². The van der Waals surface area contributed by atoms with Gasteiger partial charge in [-0.15, -0.1) is 0 Å². The molecular formula is C13H20N2O2. The maximum absolute atomic E-state index is 11.3. The van der Waals surface area contributed by atoms with Gasteiger partial charge >= 0.3 is 5.97 Å². The molecule has 1 aromatic rings. The zero-order valence-corrected chi connectivity index (χ0v) is 10.4. The van der Waals surface area contributed by atoms with Gasteiger partial charge in [-0.05, 0) is 37.6 Å². The Labute approximate surface area is 102 Å². The zero-order valence-electron chi connectivity index (χ0n) is 10.4. The van der Waals surface area contributed by atoms with Crippen molar-refractivity contribution in [2.45, 2.75) is 32.7 Å². The van der Waals surface area contributed by atoms with E-state index in [0.29, 0.717) is 18.7 Å². The van der Waals surface area contributed by atoms with Gasteiger partial charge in [-0.25, -0.2) is 4.79 Å². The molecule has 17 heavy (non-hydrogen) atoms. The molecule has 1 atom stereocenters. The van der Waals surface area contributed by atoms with E-state index in [0.717, 1.165) is 12.1 Å². The number of nitrogens with two attached hydrogens (primary N) is 1. The van der Waals surface area contributed by atoms with Crippen LogP contribution in [0.3, 0.4) is 0 Å². The largest absolute Gasteiger partial charge is 0.480 e. The first-order valence-corrected chi connectivity index (χ1v) is 5.95. The number of carboxylic acids is 1. The van der Waals surface area contributed by atoms with Gasteiger partial charge in [0.15, 0.2) is 0 Å². The molecule has 4 heteroatoms. The molecule has 1 rings (SSSR count). The van der Waals surface area contributed by atoms with E-state index in [2.05, 4.69) is 0 Å². The molecule has 3 N–H and O–H groups in total. The Morgan fingerprint density at radius 2 is 1.94 bits per heavy atom. The fraction of sp³-hybridized carbons (Fsp3) is 0.462. The molecule has 1 unspecified atom stereocenters. The maximum Gasteiger partial charge on any atom is 0.326 e. The van der Waals surface area contributed by atoms with E-state index in [1.165, 1.54) is 0 Å². The van der Waals surface area contributed by atoms with E-state index < -0.39 is 12.0 Å². The third-order valence-electron chi connectivity index (χ3n) is 2.79. The highest BCUT2D eigenvalue weighted by Gasteiger charge is 2.23. The molecule has 0 spiro atoms. The molecule has 0 aliphatic heterocycles. The van der Waals surface area contributed by atoms with Crippen molar-refractivity contribution in [1.82, 2.24) is 0 Å². The Morgan fingerprint density at radius 1 is 1.35 bits per heavy atom. The SMILES string of the molecule is CCCC(C(=O)O)N(CC)c1ccc(N)cc1. The molecule has 0 aromatic heterocycles. The predicted octanol–water partition coefficient (Wildman–Crippen LogP) is 2.35. The van der Waals surface area contributed by atoms with Crippen LogP contribution in [0.1, 0.15) is 26.7 Å². The molecule has 0 saturated carbocycles. The lowest BCUT2D eigenvalue weighted by atomic mass is 10.1. The minimum absolute atomic E-state index is 0.464. The molecule has 0 bridgehead atoms. The lowest BCUT2D eigenvalue weighted by Gasteiger charge is -2.29. The summed E-state index contributed by atoms with van der Waals surface area (Å²) in [5.74, 6) is -0.773. The molecule has 1 aromatic carbocycles. The fourth-order valence-corrected chi connectivity index (χ4v) is 1.93. The lowest BCUT2D eigenvalue weighted by molar-refractivity contribution is -0.138. The predicted molar refractivity (Wildman–Crippen MR) is 70.2 cm³/mol. The van der Waals surface area contributed by atoms with Gasteiger partial charge in [0.05, 0.1) is 0 Å². The van der Waals surface area contributed by atoms with Crippen molar-refractivity contribution in [2.75, 3.05) is 17.2 Å². The first-order chi connectivity index (χ1) is 8.10. The van der Waals surface area contributed by atoms with E-state index in [1.807, 2.05) is 30.9 Å². The van der Waals surface area contributed by atoms with Crippen LogP contribution in [-0.2, 0) is 4.79 Å². The Hall–Kier alpha value is -1.71.